The van der Waals surface area contributed by atoms with Gasteiger partial charge in [0.05, 0.1) is 17.5 Å². The lowest BCUT2D eigenvalue weighted by Crippen LogP contribution is -2.34. The number of nitrogens with one attached hydrogen (secondary N) is 3. The van der Waals surface area contributed by atoms with Crippen molar-refractivity contribution in [3.8, 4) is 0 Å². The Morgan fingerprint density at radius 3 is 2.38 bits per heavy atom. The van der Waals surface area contributed by atoms with Gasteiger partial charge in [-0.05, 0) is 38.8 Å². The molecular formula is C16H25ClN4O3. The predicted octanol–water partition coefficient (Wildman–Crippen LogP) is 2.08. The maximum Gasteiger partial charge on any atom is 0.319 e. The van der Waals surface area contributed by atoms with Crippen LogP contribution < -0.4 is 21.7 Å². The van der Waals surface area contributed by atoms with Crippen molar-refractivity contribution in [3.05, 3.63) is 24.3 Å². The molecular weight excluding hydrogens is 332 g/mol. The summed E-state index contributed by atoms with van der Waals surface area (Å²) in [6, 6.07) is 6.75. The number of ether oxygens (including phenoxy) is 1. The molecule has 134 valence electrons. The van der Waals surface area contributed by atoms with E-state index in [1.165, 1.54) is 0 Å². The number of urea groups is 1. The van der Waals surface area contributed by atoms with Gasteiger partial charge in [0.15, 0.2) is 0 Å². The summed E-state index contributed by atoms with van der Waals surface area (Å²) in [4.78, 5) is 24.1. The second-order valence-electron chi connectivity index (χ2n) is 5.85. The molecule has 8 heteroatoms. The lowest BCUT2D eigenvalue weighted by Gasteiger charge is -2.16. The minimum absolute atomic E-state index is 0. The highest BCUT2D eigenvalue weighted by molar-refractivity contribution is 6.00. The van der Waals surface area contributed by atoms with Crippen LogP contribution in [0.25, 0.3) is 0 Å². The van der Waals surface area contributed by atoms with Crippen LogP contribution in [0.1, 0.15) is 26.7 Å². The number of carbonyl (C=O) groups is 2. The maximum absolute atomic E-state index is 12.3. The van der Waals surface area contributed by atoms with Crippen LogP contribution in [0.5, 0.6) is 0 Å². The average Bonchev–Trinajstić information content (AvgIpc) is 2.97. The minimum atomic E-state index is -0.499. The van der Waals surface area contributed by atoms with Crippen molar-refractivity contribution < 1.29 is 14.3 Å². The summed E-state index contributed by atoms with van der Waals surface area (Å²) in [7, 11) is 0. The number of anilines is 2. The molecule has 1 aliphatic heterocycles. The van der Waals surface area contributed by atoms with Gasteiger partial charge in [0.2, 0.25) is 0 Å². The monoisotopic (exact) mass is 356 g/mol. The number of carbonyl (C=O) groups excluding carboxylic acids is 2. The number of benzene rings is 1. The zero-order chi connectivity index (χ0) is 16.8. The Bertz CT molecular complexity index is 568. The van der Waals surface area contributed by atoms with Gasteiger partial charge in [-0.15, -0.1) is 12.4 Å². The smallest absolute Gasteiger partial charge is 0.319 e. The normalized spacial score (nSPS) is 19.5. The minimum Gasteiger partial charge on any atom is -0.364 e. The van der Waals surface area contributed by atoms with Crippen molar-refractivity contribution in [2.45, 2.75) is 44.9 Å². The van der Waals surface area contributed by atoms with E-state index in [0.717, 1.165) is 6.42 Å². The van der Waals surface area contributed by atoms with E-state index in [-0.39, 0.29) is 36.5 Å². The summed E-state index contributed by atoms with van der Waals surface area (Å²) in [5, 5.41) is 8.28. The van der Waals surface area contributed by atoms with E-state index >= 15 is 0 Å². The van der Waals surface area contributed by atoms with E-state index in [1.807, 2.05) is 13.8 Å². The van der Waals surface area contributed by atoms with E-state index < -0.39 is 6.10 Å². The summed E-state index contributed by atoms with van der Waals surface area (Å²) in [6.45, 7) is 4.16. The van der Waals surface area contributed by atoms with Gasteiger partial charge in [0.25, 0.3) is 5.91 Å². The molecule has 1 aliphatic rings. The van der Waals surface area contributed by atoms with Gasteiger partial charge in [0, 0.05) is 12.6 Å². The van der Waals surface area contributed by atoms with E-state index in [0.29, 0.717) is 24.3 Å². The highest BCUT2D eigenvalue weighted by Gasteiger charge is 2.30. The second kappa shape index (κ2) is 9.46. The molecule has 1 saturated heterocycles. The second-order valence-corrected chi connectivity index (χ2v) is 5.85. The van der Waals surface area contributed by atoms with Gasteiger partial charge < -0.3 is 26.4 Å². The Morgan fingerprint density at radius 2 is 1.83 bits per heavy atom. The molecule has 2 atom stereocenters. The highest BCUT2D eigenvalue weighted by atomic mass is 35.5. The van der Waals surface area contributed by atoms with Gasteiger partial charge in [0.1, 0.15) is 6.10 Å². The van der Waals surface area contributed by atoms with E-state index in [1.54, 1.807) is 24.3 Å². The Balaban J connectivity index is 0.00000288. The molecule has 0 bridgehead atoms. The fraction of sp³-hybridized carbons (Fsp3) is 0.500. The van der Waals surface area contributed by atoms with Crippen LogP contribution in [0.15, 0.2) is 24.3 Å². The van der Waals surface area contributed by atoms with Gasteiger partial charge in [-0.3, -0.25) is 4.79 Å². The first kappa shape index (κ1) is 20.2. The number of hydrogen-bond donors (Lipinski definition) is 4. The van der Waals surface area contributed by atoms with Crippen LogP contribution >= 0.6 is 12.4 Å². The summed E-state index contributed by atoms with van der Waals surface area (Å²) in [5.74, 6) is -0.223. The number of nitrogens with two attached hydrogens (primary N) is 1. The van der Waals surface area contributed by atoms with Crippen LogP contribution in [0, 0.1) is 0 Å². The first-order valence-electron chi connectivity index (χ1n) is 7.82. The summed E-state index contributed by atoms with van der Waals surface area (Å²) in [5.41, 5.74) is 6.63. The van der Waals surface area contributed by atoms with E-state index in [9.17, 15) is 9.59 Å². The Morgan fingerprint density at radius 1 is 1.21 bits per heavy atom. The molecule has 1 heterocycles. The van der Waals surface area contributed by atoms with Crippen molar-refractivity contribution in [2.75, 3.05) is 17.2 Å². The van der Waals surface area contributed by atoms with Gasteiger partial charge in [-0.2, -0.15) is 0 Å². The lowest BCUT2D eigenvalue weighted by atomic mass is 10.2. The van der Waals surface area contributed by atoms with Crippen LogP contribution in [0.2, 0.25) is 0 Å². The van der Waals surface area contributed by atoms with Crippen molar-refractivity contribution >= 4 is 35.7 Å². The van der Waals surface area contributed by atoms with Crippen LogP contribution in [-0.4, -0.2) is 36.7 Å². The number of rotatable bonds is 5. The van der Waals surface area contributed by atoms with E-state index in [4.69, 9.17) is 10.5 Å². The molecule has 1 aromatic carbocycles. The molecule has 7 nitrogen and oxygen atoms in total. The Kier molecular flexibility index (Phi) is 7.97. The maximum atomic E-state index is 12.3. The zero-order valence-electron chi connectivity index (χ0n) is 13.9. The molecule has 0 radical (unpaired) electrons. The first-order valence-corrected chi connectivity index (χ1v) is 7.82. The molecule has 24 heavy (non-hydrogen) atoms. The molecule has 1 fully saturated rings. The molecule has 0 spiro atoms. The SMILES string of the molecule is CC(C)NC(=O)Nc1ccccc1NC(=O)[C@@H]1CC[C@H](CN)O1.Cl. The Hall–Kier alpha value is -1.83. The fourth-order valence-electron chi connectivity index (χ4n) is 2.41. The molecule has 0 aliphatic carbocycles. The molecule has 1 aromatic rings. The number of halogens is 1. The molecule has 2 rings (SSSR count). The van der Waals surface area contributed by atoms with Crippen molar-refractivity contribution in [3.63, 3.8) is 0 Å². The van der Waals surface area contributed by atoms with Crippen molar-refractivity contribution in [1.29, 1.82) is 0 Å². The first-order chi connectivity index (χ1) is 11.0. The standard InChI is InChI=1S/C16H24N4O3.ClH/c1-10(2)18-16(22)20-13-6-4-3-5-12(13)19-15(21)14-8-7-11(9-17)23-14;/h3-6,10-11,14H,7-9,17H2,1-2H3,(H,19,21)(H2,18,20,22);1H/t11-,14+;/m1./s1. The summed E-state index contributed by atoms with van der Waals surface area (Å²) < 4.78 is 5.58. The molecule has 5 N–H and O–H groups in total. The topological polar surface area (TPSA) is 105 Å². The third kappa shape index (κ3) is 5.67. The molecule has 0 saturated carbocycles. The third-order valence-electron chi connectivity index (χ3n) is 3.52. The fourth-order valence-corrected chi connectivity index (χ4v) is 2.41. The third-order valence-corrected chi connectivity index (χ3v) is 3.52. The van der Waals surface area contributed by atoms with Crippen LogP contribution in [-0.2, 0) is 9.53 Å². The zero-order valence-corrected chi connectivity index (χ0v) is 14.7. The number of para-hydroxylation sites is 2. The van der Waals surface area contributed by atoms with E-state index in [2.05, 4.69) is 16.0 Å². The molecule has 0 unspecified atom stereocenters. The highest BCUT2D eigenvalue weighted by Crippen LogP contribution is 2.24. The average molecular weight is 357 g/mol. The quantitative estimate of drug-likeness (QED) is 0.648. The number of hydrogen-bond acceptors (Lipinski definition) is 4. The summed E-state index contributed by atoms with van der Waals surface area (Å²) in [6.07, 6.45) is 0.875. The van der Waals surface area contributed by atoms with Crippen LogP contribution in [0.4, 0.5) is 16.2 Å². The largest absolute Gasteiger partial charge is 0.364 e. The van der Waals surface area contributed by atoms with Gasteiger partial charge >= 0.3 is 6.03 Å². The van der Waals surface area contributed by atoms with Gasteiger partial charge in [-0.1, -0.05) is 12.1 Å². The molecule has 3 amide bonds. The number of amides is 3. The van der Waals surface area contributed by atoms with Crippen molar-refractivity contribution in [1.82, 2.24) is 5.32 Å². The van der Waals surface area contributed by atoms with Crippen LogP contribution in [0.3, 0.4) is 0 Å². The predicted molar refractivity (Wildman–Crippen MR) is 96.6 cm³/mol. The van der Waals surface area contributed by atoms with Gasteiger partial charge in [-0.25, -0.2) is 4.79 Å². The van der Waals surface area contributed by atoms with Crippen molar-refractivity contribution in [2.24, 2.45) is 5.73 Å². The molecule has 0 aromatic heterocycles. The summed E-state index contributed by atoms with van der Waals surface area (Å²) >= 11 is 0. The Labute approximate surface area is 148 Å². The lowest BCUT2D eigenvalue weighted by molar-refractivity contribution is -0.126.